The Morgan fingerprint density at radius 2 is 2.12 bits per heavy atom. The van der Waals surface area contributed by atoms with Gasteiger partial charge in [-0.2, -0.15) is 0 Å². The van der Waals surface area contributed by atoms with Gasteiger partial charge in [0, 0.05) is 24.9 Å². The molecule has 3 aromatic rings. The fourth-order valence-corrected chi connectivity index (χ4v) is 4.02. The molecule has 4 heterocycles. The van der Waals surface area contributed by atoms with E-state index in [0.717, 1.165) is 43.2 Å². The normalized spacial score (nSPS) is 16.5. The Morgan fingerprint density at radius 3 is 2.83 bits per heavy atom. The summed E-state index contributed by atoms with van der Waals surface area (Å²) in [5.41, 5.74) is 2.46. The summed E-state index contributed by atoms with van der Waals surface area (Å²) in [5, 5.41) is 10.6. The molecule has 0 aromatic carbocycles. The summed E-state index contributed by atoms with van der Waals surface area (Å²) < 4.78 is 5.96. The van der Waals surface area contributed by atoms with Gasteiger partial charge in [0.15, 0.2) is 0 Å². The number of aryl methyl sites for hydroxylation is 1. The predicted octanol–water partition coefficient (Wildman–Crippen LogP) is 3.88. The van der Waals surface area contributed by atoms with E-state index in [-0.39, 0.29) is 0 Å². The molecule has 0 aliphatic carbocycles. The second kappa shape index (κ2) is 6.83. The minimum atomic E-state index is 0.372. The Balaban J connectivity index is 1.38. The number of hydrogen-bond acceptors (Lipinski definition) is 6. The van der Waals surface area contributed by atoms with E-state index in [2.05, 4.69) is 44.5 Å². The first-order chi connectivity index (χ1) is 11.8. The van der Waals surface area contributed by atoms with Crippen molar-refractivity contribution in [2.45, 2.75) is 32.2 Å². The van der Waals surface area contributed by atoms with Crippen LogP contribution >= 0.6 is 11.3 Å². The molecule has 0 N–H and O–H groups in total. The SMILES string of the molecule is Cc1ccsc1-c1nnc(C2CCN(Cc3cccnc3)CC2)o1. The standard InChI is InChI=1S/C18H20N4OS/c1-13-6-10-24-16(13)18-21-20-17(23-18)15-4-8-22(9-5-15)12-14-3-2-7-19-11-14/h2-3,6-7,10-11,15H,4-5,8-9,12H2,1H3. The van der Waals surface area contributed by atoms with E-state index < -0.39 is 0 Å². The van der Waals surface area contributed by atoms with Gasteiger partial charge >= 0.3 is 0 Å². The average molecular weight is 340 g/mol. The second-order valence-electron chi connectivity index (χ2n) is 6.29. The van der Waals surface area contributed by atoms with Crippen LogP contribution in [0.25, 0.3) is 10.8 Å². The van der Waals surface area contributed by atoms with Gasteiger partial charge in [0.1, 0.15) is 0 Å². The summed E-state index contributed by atoms with van der Waals surface area (Å²) in [4.78, 5) is 7.74. The summed E-state index contributed by atoms with van der Waals surface area (Å²) in [6.07, 6.45) is 5.88. The second-order valence-corrected chi connectivity index (χ2v) is 7.21. The maximum atomic E-state index is 5.96. The fraction of sp³-hybridized carbons (Fsp3) is 0.389. The lowest BCUT2D eigenvalue weighted by Gasteiger charge is -2.30. The number of hydrogen-bond donors (Lipinski definition) is 0. The molecule has 1 aliphatic rings. The Kier molecular flexibility index (Phi) is 4.40. The number of rotatable bonds is 4. The van der Waals surface area contributed by atoms with Gasteiger partial charge in [0.05, 0.1) is 4.88 Å². The number of likely N-dealkylation sites (tertiary alicyclic amines) is 1. The van der Waals surface area contributed by atoms with Gasteiger partial charge in [-0.15, -0.1) is 21.5 Å². The molecule has 0 amide bonds. The minimum Gasteiger partial charge on any atom is -0.420 e. The zero-order chi connectivity index (χ0) is 16.4. The lowest BCUT2D eigenvalue weighted by atomic mass is 9.96. The highest BCUT2D eigenvalue weighted by atomic mass is 32.1. The first kappa shape index (κ1) is 15.5. The largest absolute Gasteiger partial charge is 0.420 e. The van der Waals surface area contributed by atoms with E-state index in [1.54, 1.807) is 11.3 Å². The van der Waals surface area contributed by atoms with Gasteiger partial charge < -0.3 is 4.42 Å². The summed E-state index contributed by atoms with van der Waals surface area (Å²) in [7, 11) is 0. The lowest BCUT2D eigenvalue weighted by molar-refractivity contribution is 0.193. The van der Waals surface area contributed by atoms with Crippen LogP contribution in [0, 0.1) is 6.92 Å². The van der Waals surface area contributed by atoms with Crippen LogP contribution in [0.5, 0.6) is 0 Å². The first-order valence-corrected chi connectivity index (χ1v) is 9.16. The van der Waals surface area contributed by atoms with Crippen LogP contribution in [0.3, 0.4) is 0 Å². The molecule has 6 heteroatoms. The van der Waals surface area contributed by atoms with Gasteiger partial charge in [-0.25, -0.2) is 0 Å². The van der Waals surface area contributed by atoms with Crippen LogP contribution in [0.15, 0.2) is 40.4 Å². The Labute approximate surface area is 145 Å². The first-order valence-electron chi connectivity index (χ1n) is 8.29. The number of thiophene rings is 1. The summed E-state index contributed by atoms with van der Waals surface area (Å²) in [5.74, 6) is 1.82. The zero-order valence-electron chi connectivity index (χ0n) is 13.7. The highest BCUT2D eigenvalue weighted by Gasteiger charge is 2.25. The predicted molar refractivity (Wildman–Crippen MR) is 93.8 cm³/mol. The quantitative estimate of drug-likeness (QED) is 0.721. The van der Waals surface area contributed by atoms with E-state index in [4.69, 9.17) is 4.42 Å². The van der Waals surface area contributed by atoms with E-state index in [1.165, 1.54) is 11.1 Å². The molecule has 3 aromatic heterocycles. The summed E-state index contributed by atoms with van der Waals surface area (Å²) in [6.45, 7) is 5.14. The topological polar surface area (TPSA) is 55.1 Å². The minimum absolute atomic E-state index is 0.372. The smallest absolute Gasteiger partial charge is 0.258 e. The molecule has 0 spiro atoms. The molecule has 1 aliphatic heterocycles. The molecule has 124 valence electrons. The third-order valence-corrected chi connectivity index (χ3v) is 5.57. The third-order valence-electron chi connectivity index (χ3n) is 4.56. The van der Waals surface area contributed by atoms with Gasteiger partial charge in [-0.05, 0) is 61.5 Å². The van der Waals surface area contributed by atoms with Crippen molar-refractivity contribution in [2.75, 3.05) is 13.1 Å². The van der Waals surface area contributed by atoms with Crippen molar-refractivity contribution in [3.8, 4) is 10.8 Å². The molecule has 0 atom stereocenters. The van der Waals surface area contributed by atoms with Gasteiger partial charge in [-0.1, -0.05) is 6.07 Å². The number of aromatic nitrogens is 3. The Morgan fingerprint density at radius 1 is 1.25 bits per heavy atom. The van der Waals surface area contributed by atoms with Crippen LogP contribution < -0.4 is 0 Å². The Hall–Kier alpha value is -2.05. The van der Waals surface area contributed by atoms with Crippen LogP contribution in [0.2, 0.25) is 0 Å². The monoisotopic (exact) mass is 340 g/mol. The molecule has 1 fully saturated rings. The molecule has 0 unspecified atom stereocenters. The maximum Gasteiger partial charge on any atom is 0.258 e. The third kappa shape index (κ3) is 3.25. The highest BCUT2D eigenvalue weighted by Crippen LogP contribution is 2.32. The number of pyridine rings is 1. The fourth-order valence-electron chi connectivity index (χ4n) is 3.17. The van der Waals surface area contributed by atoms with Crippen molar-refractivity contribution in [2.24, 2.45) is 0 Å². The molecule has 5 nitrogen and oxygen atoms in total. The van der Waals surface area contributed by atoms with Gasteiger partial charge in [0.2, 0.25) is 5.89 Å². The molecule has 24 heavy (non-hydrogen) atoms. The number of piperidine rings is 1. The van der Waals surface area contributed by atoms with Crippen molar-refractivity contribution in [1.82, 2.24) is 20.1 Å². The van der Waals surface area contributed by atoms with E-state index >= 15 is 0 Å². The summed E-state index contributed by atoms with van der Waals surface area (Å²) in [6, 6.07) is 6.21. The van der Waals surface area contributed by atoms with Gasteiger partial charge in [0.25, 0.3) is 5.89 Å². The summed E-state index contributed by atoms with van der Waals surface area (Å²) >= 11 is 1.65. The van der Waals surface area contributed by atoms with Crippen molar-refractivity contribution in [1.29, 1.82) is 0 Å². The molecule has 4 rings (SSSR count). The van der Waals surface area contributed by atoms with Crippen LogP contribution in [0.1, 0.15) is 35.8 Å². The van der Waals surface area contributed by atoms with Crippen LogP contribution in [-0.2, 0) is 6.54 Å². The average Bonchev–Trinajstić information content (AvgIpc) is 3.25. The van der Waals surface area contributed by atoms with E-state index in [9.17, 15) is 0 Å². The van der Waals surface area contributed by atoms with E-state index in [1.807, 2.05) is 18.5 Å². The number of nitrogens with zero attached hydrogens (tertiary/aromatic N) is 4. The van der Waals surface area contributed by atoms with Crippen LogP contribution in [0.4, 0.5) is 0 Å². The van der Waals surface area contributed by atoms with Gasteiger partial charge in [-0.3, -0.25) is 9.88 Å². The molecular formula is C18H20N4OS. The van der Waals surface area contributed by atoms with E-state index in [0.29, 0.717) is 11.8 Å². The van der Waals surface area contributed by atoms with Crippen molar-refractivity contribution < 1.29 is 4.42 Å². The van der Waals surface area contributed by atoms with Crippen molar-refractivity contribution >= 4 is 11.3 Å². The zero-order valence-corrected chi connectivity index (χ0v) is 14.5. The molecule has 0 radical (unpaired) electrons. The van der Waals surface area contributed by atoms with Crippen molar-refractivity contribution in [3.63, 3.8) is 0 Å². The molecule has 0 saturated carbocycles. The molecule has 1 saturated heterocycles. The highest BCUT2D eigenvalue weighted by molar-refractivity contribution is 7.13. The Bertz CT molecular complexity index is 790. The molecular weight excluding hydrogens is 320 g/mol. The lowest BCUT2D eigenvalue weighted by Crippen LogP contribution is -2.32. The van der Waals surface area contributed by atoms with Crippen molar-refractivity contribution in [3.05, 3.63) is 53.0 Å². The van der Waals surface area contributed by atoms with Crippen LogP contribution in [-0.4, -0.2) is 33.2 Å². The maximum absolute atomic E-state index is 5.96. The molecule has 0 bridgehead atoms.